The van der Waals surface area contributed by atoms with Gasteiger partial charge in [0.05, 0.1) is 0 Å². The maximum atomic E-state index is 12.8. The van der Waals surface area contributed by atoms with E-state index in [0.29, 0.717) is 23.5 Å². The van der Waals surface area contributed by atoms with E-state index >= 15 is 0 Å². The van der Waals surface area contributed by atoms with Crippen LogP contribution in [0.5, 0.6) is 0 Å². The van der Waals surface area contributed by atoms with Gasteiger partial charge in [-0.3, -0.25) is 9.59 Å². The Morgan fingerprint density at radius 1 is 1.16 bits per heavy atom. The molecule has 3 fully saturated rings. The van der Waals surface area contributed by atoms with Gasteiger partial charge in [0.2, 0.25) is 0 Å². The molecule has 0 aliphatic heterocycles. The maximum absolute atomic E-state index is 12.8. The van der Waals surface area contributed by atoms with Gasteiger partial charge in [0.1, 0.15) is 11.9 Å². The van der Waals surface area contributed by atoms with Crippen LogP contribution < -0.4 is 0 Å². The van der Waals surface area contributed by atoms with Crippen molar-refractivity contribution >= 4 is 20.1 Å². The number of ether oxygens (including phenoxy) is 1. The smallest absolute Gasteiger partial charge is 0.303 e. The van der Waals surface area contributed by atoms with E-state index in [2.05, 4.69) is 46.9 Å². The van der Waals surface area contributed by atoms with Crippen molar-refractivity contribution in [1.82, 2.24) is 0 Å². The summed E-state index contributed by atoms with van der Waals surface area (Å²) >= 11 is 0. The van der Waals surface area contributed by atoms with E-state index in [0.717, 1.165) is 58.0 Å². The van der Waals surface area contributed by atoms with Crippen LogP contribution in [0.4, 0.5) is 0 Å². The summed E-state index contributed by atoms with van der Waals surface area (Å²) in [4.78, 5) is 24.8. The van der Waals surface area contributed by atoms with Crippen molar-refractivity contribution in [1.29, 1.82) is 0 Å². The van der Waals surface area contributed by atoms with Crippen molar-refractivity contribution in [2.24, 2.45) is 28.6 Å². The van der Waals surface area contributed by atoms with Crippen molar-refractivity contribution in [3.63, 3.8) is 0 Å². The first kappa shape index (κ1) is 24.2. The Bertz CT molecular complexity index is 809. The minimum atomic E-state index is -1.92. The number of hydrogen-bond donors (Lipinski definition) is 0. The fourth-order valence-electron chi connectivity index (χ4n) is 7.40. The average molecular weight is 461 g/mol. The lowest BCUT2D eigenvalue weighted by Gasteiger charge is -2.59. The summed E-state index contributed by atoms with van der Waals surface area (Å²) in [7, 11) is -1.92. The molecule has 4 rings (SSSR count). The number of hydrogen-bond acceptors (Lipinski definition) is 4. The second-order valence-corrected chi connectivity index (χ2v) is 17.7. The highest BCUT2D eigenvalue weighted by atomic mass is 28.4. The Labute approximate surface area is 196 Å². The molecule has 0 aromatic heterocycles. The second-order valence-electron chi connectivity index (χ2n) is 12.9. The van der Waals surface area contributed by atoms with Crippen molar-refractivity contribution in [3.05, 3.63) is 11.6 Å². The highest BCUT2D eigenvalue weighted by Gasteiger charge is 2.61. The molecule has 0 unspecified atom stereocenters. The monoisotopic (exact) mass is 460 g/mol. The fraction of sp³-hybridized carbons (Fsp3) is 0.852. The minimum absolute atomic E-state index is 0.0518. The number of ketones is 1. The molecule has 32 heavy (non-hydrogen) atoms. The lowest BCUT2D eigenvalue weighted by Crippen LogP contribution is -2.56. The normalized spacial score (nSPS) is 39.6. The van der Waals surface area contributed by atoms with Crippen molar-refractivity contribution in [2.45, 2.75) is 110 Å². The van der Waals surface area contributed by atoms with Gasteiger partial charge in [0, 0.05) is 30.8 Å². The second kappa shape index (κ2) is 8.08. The number of fused-ring (bicyclic) bond motifs is 5. The molecule has 0 bridgehead atoms. The highest BCUT2D eigenvalue weighted by molar-refractivity contribution is 6.74. The average Bonchev–Trinajstić information content (AvgIpc) is 3.00. The zero-order chi connectivity index (χ0) is 23.5. The molecule has 4 aliphatic rings. The van der Waals surface area contributed by atoms with Gasteiger partial charge < -0.3 is 9.16 Å². The number of allylic oxidation sites excluding steroid dienone is 1. The van der Waals surface area contributed by atoms with Crippen molar-refractivity contribution in [2.75, 3.05) is 6.61 Å². The van der Waals surface area contributed by atoms with Crippen LogP contribution in [0.2, 0.25) is 18.1 Å². The predicted molar refractivity (Wildman–Crippen MR) is 130 cm³/mol. The fourth-order valence-corrected chi connectivity index (χ4v) is 8.46. The third kappa shape index (κ3) is 3.75. The number of rotatable bonds is 4. The summed E-state index contributed by atoms with van der Waals surface area (Å²) in [6.45, 7) is 16.1. The summed E-state index contributed by atoms with van der Waals surface area (Å²) in [5.74, 6) is 1.86. The van der Waals surface area contributed by atoms with Crippen LogP contribution in [0.25, 0.3) is 0 Å². The molecule has 0 amide bonds. The van der Waals surface area contributed by atoms with E-state index in [-0.39, 0.29) is 27.9 Å². The molecule has 0 spiro atoms. The van der Waals surface area contributed by atoms with Crippen LogP contribution >= 0.6 is 0 Å². The van der Waals surface area contributed by atoms with Gasteiger partial charge in [0.15, 0.2) is 8.32 Å². The molecule has 4 aliphatic carbocycles. The third-order valence-electron chi connectivity index (χ3n) is 10.3. The molecule has 180 valence electrons. The van der Waals surface area contributed by atoms with Gasteiger partial charge in [0.25, 0.3) is 0 Å². The first-order valence-corrected chi connectivity index (χ1v) is 15.8. The van der Waals surface area contributed by atoms with E-state index < -0.39 is 8.32 Å². The van der Waals surface area contributed by atoms with Gasteiger partial charge >= 0.3 is 5.97 Å². The molecule has 0 aromatic rings. The highest BCUT2D eigenvalue weighted by Crippen LogP contribution is 2.64. The molecule has 4 nitrogen and oxygen atoms in total. The first-order chi connectivity index (χ1) is 14.8. The molecule has 0 saturated heterocycles. The van der Waals surface area contributed by atoms with E-state index in [4.69, 9.17) is 9.16 Å². The molecule has 5 heteroatoms. The summed E-state index contributed by atoms with van der Waals surface area (Å²) < 4.78 is 12.8. The van der Waals surface area contributed by atoms with Crippen LogP contribution in [0, 0.1) is 28.6 Å². The molecule has 0 heterocycles. The molecule has 6 atom stereocenters. The predicted octanol–water partition coefficient (Wildman–Crippen LogP) is 6.45. The standard InChI is InChI=1S/C27H44O4Si/c1-18(28)31-23-9-8-15-27(17-30-32(6,7)25(2,3)4)21-14-16-26(5)20(12-13-24(26)29)19(21)10-11-22(23)27/h11,19-21,23H,8-10,12-17H2,1-7H3/t19-,20-,21-,23+,26-,27-/m0/s1. The largest absolute Gasteiger partial charge is 0.458 e. The van der Waals surface area contributed by atoms with E-state index in [1.165, 1.54) is 12.5 Å². The zero-order valence-electron chi connectivity index (χ0n) is 21.4. The Morgan fingerprint density at radius 3 is 2.53 bits per heavy atom. The quantitative estimate of drug-likeness (QED) is 0.275. The topological polar surface area (TPSA) is 52.6 Å². The van der Waals surface area contributed by atoms with Crippen molar-refractivity contribution in [3.8, 4) is 0 Å². The van der Waals surface area contributed by atoms with Crippen LogP contribution in [0.15, 0.2) is 11.6 Å². The summed E-state index contributed by atoms with van der Waals surface area (Å²) in [5, 5.41) is 0.161. The van der Waals surface area contributed by atoms with Crippen LogP contribution in [0.1, 0.15) is 86.0 Å². The Kier molecular flexibility index (Phi) is 6.10. The number of carbonyl (C=O) groups is 2. The Balaban J connectivity index is 1.72. The molecular formula is C27H44O4Si. The Morgan fingerprint density at radius 2 is 1.88 bits per heavy atom. The number of Topliss-reactive ketones (excluding diaryl/α,β-unsaturated/α-hetero) is 1. The van der Waals surface area contributed by atoms with E-state index in [9.17, 15) is 9.59 Å². The lowest BCUT2D eigenvalue weighted by atomic mass is 9.47. The van der Waals surface area contributed by atoms with Gasteiger partial charge in [-0.1, -0.05) is 33.8 Å². The molecule has 0 radical (unpaired) electrons. The summed E-state index contributed by atoms with van der Waals surface area (Å²) in [5.41, 5.74) is 1.16. The maximum Gasteiger partial charge on any atom is 0.303 e. The SMILES string of the molecule is CC(=O)O[C@@H]1CCC[C@@]2(CO[Si](C)(C)C(C)(C)C)C1=CC[C@@H]1[C@@H]2CC[C@]2(C)C(=O)CC[C@@H]12. The Hall–Kier alpha value is -0.943. The van der Waals surface area contributed by atoms with Gasteiger partial charge in [-0.05, 0) is 86.4 Å². The number of carbonyl (C=O) groups excluding carboxylic acids is 2. The summed E-state index contributed by atoms with van der Waals surface area (Å²) in [6.07, 6.45) is 10.3. The number of esters is 1. The van der Waals surface area contributed by atoms with Gasteiger partial charge in [-0.15, -0.1) is 0 Å². The van der Waals surface area contributed by atoms with Gasteiger partial charge in [-0.25, -0.2) is 0 Å². The van der Waals surface area contributed by atoms with Crippen LogP contribution in [-0.4, -0.2) is 32.8 Å². The van der Waals surface area contributed by atoms with E-state index in [1.54, 1.807) is 0 Å². The molecular weight excluding hydrogens is 416 g/mol. The minimum Gasteiger partial charge on any atom is -0.458 e. The molecule has 0 N–H and O–H groups in total. The molecule has 0 aromatic carbocycles. The van der Waals surface area contributed by atoms with Crippen molar-refractivity contribution < 1.29 is 18.8 Å². The zero-order valence-corrected chi connectivity index (χ0v) is 22.4. The summed E-state index contributed by atoms with van der Waals surface area (Å²) in [6, 6.07) is 0. The first-order valence-electron chi connectivity index (χ1n) is 12.9. The van der Waals surface area contributed by atoms with Crippen LogP contribution in [0.3, 0.4) is 0 Å². The molecule has 3 saturated carbocycles. The van der Waals surface area contributed by atoms with Gasteiger partial charge in [-0.2, -0.15) is 0 Å². The third-order valence-corrected chi connectivity index (χ3v) is 14.8. The lowest BCUT2D eigenvalue weighted by molar-refractivity contribution is -0.149. The van der Waals surface area contributed by atoms with Crippen LogP contribution in [-0.2, 0) is 18.8 Å². The van der Waals surface area contributed by atoms with E-state index in [1.807, 2.05) is 0 Å².